The van der Waals surface area contributed by atoms with Crippen LogP contribution in [0.25, 0.3) is 0 Å². The van der Waals surface area contributed by atoms with Gasteiger partial charge in [-0.15, -0.1) is 0 Å². The molecule has 0 fully saturated rings. The number of methoxy groups -OCH3 is 1. The van der Waals surface area contributed by atoms with Crippen molar-refractivity contribution >= 4 is 6.16 Å². The van der Waals surface area contributed by atoms with Crippen LogP contribution in [0.4, 0.5) is 4.79 Å². The molecule has 0 heterocycles. The van der Waals surface area contributed by atoms with Crippen molar-refractivity contribution in [3.05, 3.63) is 23.8 Å². The van der Waals surface area contributed by atoms with Crippen LogP contribution in [0.15, 0.2) is 18.2 Å². The SMILES string of the molecule is CCOC(=O)Oc1ccc(CO)cc1OC. The molecule has 88 valence electrons. The normalized spacial score (nSPS) is 9.69. The van der Waals surface area contributed by atoms with Crippen molar-refractivity contribution in [2.75, 3.05) is 13.7 Å². The van der Waals surface area contributed by atoms with Gasteiger partial charge in [0.15, 0.2) is 11.5 Å². The fourth-order valence-electron chi connectivity index (χ4n) is 1.13. The van der Waals surface area contributed by atoms with Crippen molar-refractivity contribution in [3.8, 4) is 11.5 Å². The summed E-state index contributed by atoms with van der Waals surface area (Å²) in [7, 11) is 1.45. The lowest BCUT2D eigenvalue weighted by Gasteiger charge is -2.09. The van der Waals surface area contributed by atoms with Gasteiger partial charge in [0.25, 0.3) is 0 Å². The Morgan fingerprint density at radius 3 is 2.69 bits per heavy atom. The first-order valence-corrected chi connectivity index (χ1v) is 4.83. The van der Waals surface area contributed by atoms with Crippen molar-refractivity contribution in [2.24, 2.45) is 0 Å². The van der Waals surface area contributed by atoms with Gasteiger partial charge in [0.2, 0.25) is 0 Å². The maximum absolute atomic E-state index is 11.1. The fourth-order valence-corrected chi connectivity index (χ4v) is 1.13. The molecule has 16 heavy (non-hydrogen) atoms. The molecule has 5 nitrogen and oxygen atoms in total. The number of hydrogen-bond acceptors (Lipinski definition) is 5. The lowest BCUT2D eigenvalue weighted by molar-refractivity contribution is 0.103. The average Bonchev–Trinajstić information content (AvgIpc) is 2.30. The minimum atomic E-state index is -0.780. The minimum absolute atomic E-state index is 0.101. The van der Waals surface area contributed by atoms with Gasteiger partial charge < -0.3 is 19.3 Å². The summed E-state index contributed by atoms with van der Waals surface area (Å²) < 4.78 is 14.6. The highest BCUT2D eigenvalue weighted by Crippen LogP contribution is 2.28. The molecule has 0 saturated heterocycles. The summed E-state index contributed by atoms with van der Waals surface area (Å²) in [6.07, 6.45) is -0.780. The Kier molecular flexibility index (Phi) is 4.60. The molecule has 5 heteroatoms. The first-order valence-electron chi connectivity index (χ1n) is 4.83. The lowest BCUT2D eigenvalue weighted by atomic mass is 10.2. The largest absolute Gasteiger partial charge is 0.513 e. The van der Waals surface area contributed by atoms with Crippen LogP contribution < -0.4 is 9.47 Å². The van der Waals surface area contributed by atoms with Gasteiger partial charge in [-0.05, 0) is 24.6 Å². The number of carbonyl (C=O) groups is 1. The van der Waals surface area contributed by atoms with Crippen LogP contribution >= 0.6 is 0 Å². The Morgan fingerprint density at radius 2 is 2.12 bits per heavy atom. The summed E-state index contributed by atoms with van der Waals surface area (Å²) in [4.78, 5) is 11.1. The molecule has 0 aliphatic rings. The monoisotopic (exact) mass is 226 g/mol. The highest BCUT2D eigenvalue weighted by Gasteiger charge is 2.10. The number of ether oxygens (including phenoxy) is 3. The van der Waals surface area contributed by atoms with Gasteiger partial charge in [-0.2, -0.15) is 0 Å². The van der Waals surface area contributed by atoms with E-state index in [0.717, 1.165) is 0 Å². The second-order valence-corrected chi connectivity index (χ2v) is 2.93. The number of aliphatic hydroxyl groups is 1. The third-order valence-corrected chi connectivity index (χ3v) is 1.87. The molecule has 1 aromatic carbocycles. The van der Waals surface area contributed by atoms with Crippen LogP contribution in [0, 0.1) is 0 Å². The molecular formula is C11H14O5. The van der Waals surface area contributed by atoms with Crippen molar-refractivity contribution < 1.29 is 24.1 Å². The molecule has 0 spiro atoms. The maximum Gasteiger partial charge on any atom is 0.513 e. The van der Waals surface area contributed by atoms with E-state index < -0.39 is 6.16 Å². The number of hydrogen-bond donors (Lipinski definition) is 1. The number of rotatable bonds is 4. The fraction of sp³-hybridized carbons (Fsp3) is 0.364. The van der Waals surface area contributed by atoms with E-state index in [1.54, 1.807) is 25.1 Å². The van der Waals surface area contributed by atoms with Gasteiger partial charge >= 0.3 is 6.16 Å². The molecule has 0 bridgehead atoms. The second kappa shape index (κ2) is 5.97. The Hall–Kier alpha value is -1.75. The highest BCUT2D eigenvalue weighted by molar-refractivity contribution is 5.65. The van der Waals surface area contributed by atoms with E-state index in [-0.39, 0.29) is 19.0 Å². The molecule has 0 aliphatic heterocycles. The molecule has 1 rings (SSSR count). The number of aliphatic hydroxyl groups excluding tert-OH is 1. The first-order chi connectivity index (χ1) is 7.71. The van der Waals surface area contributed by atoms with E-state index in [9.17, 15) is 4.79 Å². The van der Waals surface area contributed by atoms with Crippen LogP contribution in [-0.2, 0) is 11.3 Å². The zero-order chi connectivity index (χ0) is 12.0. The summed E-state index contributed by atoms with van der Waals surface area (Å²) in [5, 5.41) is 8.93. The zero-order valence-electron chi connectivity index (χ0n) is 9.23. The molecule has 0 saturated carbocycles. The summed E-state index contributed by atoms with van der Waals surface area (Å²) in [5.74, 6) is 0.637. The molecule has 0 aromatic heterocycles. The van der Waals surface area contributed by atoms with E-state index >= 15 is 0 Å². The van der Waals surface area contributed by atoms with Crippen molar-refractivity contribution in [2.45, 2.75) is 13.5 Å². The average molecular weight is 226 g/mol. The molecule has 1 aromatic rings. The zero-order valence-corrected chi connectivity index (χ0v) is 9.23. The van der Waals surface area contributed by atoms with Gasteiger partial charge in [0.05, 0.1) is 20.3 Å². The summed E-state index contributed by atoms with van der Waals surface area (Å²) in [6.45, 7) is 1.83. The Balaban J connectivity index is 2.83. The number of benzene rings is 1. The lowest BCUT2D eigenvalue weighted by Crippen LogP contribution is -2.10. The predicted molar refractivity (Wildman–Crippen MR) is 56.6 cm³/mol. The van der Waals surface area contributed by atoms with E-state index in [2.05, 4.69) is 4.74 Å². The third kappa shape index (κ3) is 3.13. The first kappa shape index (κ1) is 12.3. The highest BCUT2D eigenvalue weighted by atomic mass is 16.7. The Labute approximate surface area is 93.6 Å². The molecule has 1 N–H and O–H groups in total. The van der Waals surface area contributed by atoms with Crippen LogP contribution in [0.2, 0.25) is 0 Å². The molecule has 0 amide bonds. The van der Waals surface area contributed by atoms with Crippen LogP contribution in [0.3, 0.4) is 0 Å². The Bertz CT molecular complexity index is 361. The smallest absolute Gasteiger partial charge is 0.493 e. The van der Waals surface area contributed by atoms with E-state index in [1.807, 2.05) is 0 Å². The molecule has 0 unspecified atom stereocenters. The van der Waals surface area contributed by atoms with Crippen LogP contribution in [-0.4, -0.2) is 25.0 Å². The standard InChI is InChI=1S/C11H14O5/c1-3-15-11(13)16-9-5-4-8(7-12)6-10(9)14-2/h4-6,12H,3,7H2,1-2H3. The summed E-state index contributed by atoms with van der Waals surface area (Å²) >= 11 is 0. The van der Waals surface area contributed by atoms with E-state index in [4.69, 9.17) is 14.6 Å². The van der Waals surface area contributed by atoms with Gasteiger partial charge in [-0.3, -0.25) is 0 Å². The third-order valence-electron chi connectivity index (χ3n) is 1.87. The van der Waals surface area contributed by atoms with Crippen molar-refractivity contribution in [1.29, 1.82) is 0 Å². The Morgan fingerprint density at radius 1 is 1.38 bits per heavy atom. The summed E-state index contributed by atoms with van der Waals surface area (Å²) in [6, 6.07) is 4.77. The molecule has 0 aliphatic carbocycles. The minimum Gasteiger partial charge on any atom is -0.493 e. The van der Waals surface area contributed by atoms with Gasteiger partial charge in [0, 0.05) is 0 Å². The quantitative estimate of drug-likeness (QED) is 0.625. The van der Waals surface area contributed by atoms with E-state index in [1.165, 1.54) is 7.11 Å². The number of carbonyl (C=O) groups excluding carboxylic acids is 1. The van der Waals surface area contributed by atoms with Gasteiger partial charge in [0.1, 0.15) is 0 Å². The maximum atomic E-state index is 11.1. The van der Waals surface area contributed by atoms with Gasteiger partial charge in [-0.1, -0.05) is 6.07 Å². The molecule has 0 radical (unpaired) electrons. The van der Waals surface area contributed by atoms with Crippen molar-refractivity contribution in [1.82, 2.24) is 0 Å². The van der Waals surface area contributed by atoms with Crippen LogP contribution in [0.5, 0.6) is 11.5 Å². The second-order valence-electron chi connectivity index (χ2n) is 2.93. The van der Waals surface area contributed by atoms with E-state index in [0.29, 0.717) is 11.3 Å². The molecule has 0 atom stereocenters. The predicted octanol–water partition coefficient (Wildman–Crippen LogP) is 1.72. The molecular weight excluding hydrogens is 212 g/mol. The van der Waals surface area contributed by atoms with Gasteiger partial charge in [-0.25, -0.2) is 4.79 Å². The van der Waals surface area contributed by atoms with Crippen LogP contribution in [0.1, 0.15) is 12.5 Å². The summed E-state index contributed by atoms with van der Waals surface area (Å²) in [5.41, 5.74) is 0.674. The van der Waals surface area contributed by atoms with Crippen molar-refractivity contribution in [3.63, 3.8) is 0 Å². The topological polar surface area (TPSA) is 65.0 Å².